The van der Waals surface area contributed by atoms with Crippen LogP contribution in [0.1, 0.15) is 19.8 Å². The van der Waals surface area contributed by atoms with Gasteiger partial charge in [0.25, 0.3) is 0 Å². The highest BCUT2D eigenvalue weighted by Gasteiger charge is 2.35. The first-order valence-corrected chi connectivity index (χ1v) is 11.9. The largest absolute Gasteiger partial charge is 0.349 e. The number of likely N-dealkylation sites (tertiary alicyclic amines) is 1. The van der Waals surface area contributed by atoms with E-state index in [4.69, 9.17) is 0 Å². The third kappa shape index (κ3) is 4.84. The molecular formula is C21H32N4O4S. The molecule has 1 aromatic carbocycles. The summed E-state index contributed by atoms with van der Waals surface area (Å²) in [6.07, 6.45) is 1.52. The molecule has 0 spiro atoms. The Morgan fingerprint density at radius 1 is 0.967 bits per heavy atom. The molecule has 0 radical (unpaired) electrons. The molecule has 1 atom stereocenters. The summed E-state index contributed by atoms with van der Waals surface area (Å²) in [6.45, 7) is 4.74. The molecule has 30 heavy (non-hydrogen) atoms. The Morgan fingerprint density at radius 2 is 1.53 bits per heavy atom. The van der Waals surface area contributed by atoms with Gasteiger partial charge in [-0.25, -0.2) is 8.42 Å². The highest BCUT2D eigenvalue weighted by Crippen LogP contribution is 2.22. The van der Waals surface area contributed by atoms with Crippen LogP contribution in [0.15, 0.2) is 35.2 Å². The molecule has 2 aliphatic rings. The number of carbonyl (C=O) groups is 2. The van der Waals surface area contributed by atoms with E-state index in [2.05, 4.69) is 4.90 Å². The van der Waals surface area contributed by atoms with E-state index >= 15 is 0 Å². The molecule has 9 heteroatoms. The first-order chi connectivity index (χ1) is 14.2. The minimum Gasteiger partial charge on any atom is -0.349 e. The van der Waals surface area contributed by atoms with Crippen molar-refractivity contribution in [1.82, 2.24) is 19.0 Å². The summed E-state index contributed by atoms with van der Waals surface area (Å²) in [4.78, 5) is 31.0. The van der Waals surface area contributed by atoms with Crippen LogP contribution in [0.5, 0.6) is 0 Å². The van der Waals surface area contributed by atoms with E-state index < -0.39 is 10.0 Å². The Balaban J connectivity index is 1.52. The van der Waals surface area contributed by atoms with E-state index in [1.54, 1.807) is 54.2 Å². The zero-order chi connectivity index (χ0) is 21.9. The zero-order valence-electron chi connectivity index (χ0n) is 18.0. The molecule has 0 aromatic heterocycles. The molecule has 2 saturated heterocycles. The van der Waals surface area contributed by atoms with E-state index in [0.29, 0.717) is 26.2 Å². The lowest BCUT2D eigenvalue weighted by atomic mass is 9.94. The van der Waals surface area contributed by atoms with Crippen molar-refractivity contribution in [3.05, 3.63) is 30.3 Å². The lowest BCUT2D eigenvalue weighted by molar-refractivity contribution is -0.139. The fourth-order valence-electron chi connectivity index (χ4n) is 4.21. The molecule has 3 rings (SSSR count). The van der Waals surface area contributed by atoms with E-state index in [0.717, 1.165) is 25.9 Å². The second-order valence-corrected chi connectivity index (χ2v) is 10.2. The topological polar surface area (TPSA) is 81.2 Å². The molecule has 2 fully saturated rings. The first kappa shape index (κ1) is 22.7. The number of piperazine rings is 1. The summed E-state index contributed by atoms with van der Waals surface area (Å²) in [5.74, 6) is 0.221. The Morgan fingerprint density at radius 3 is 2.07 bits per heavy atom. The van der Waals surface area contributed by atoms with Crippen molar-refractivity contribution in [2.45, 2.75) is 30.7 Å². The smallest absolute Gasteiger partial charge is 0.243 e. The van der Waals surface area contributed by atoms with Crippen molar-refractivity contribution in [3.63, 3.8) is 0 Å². The van der Waals surface area contributed by atoms with Gasteiger partial charge in [-0.2, -0.15) is 4.31 Å². The van der Waals surface area contributed by atoms with Gasteiger partial charge in [0.15, 0.2) is 0 Å². The van der Waals surface area contributed by atoms with Crippen molar-refractivity contribution < 1.29 is 18.0 Å². The fraction of sp³-hybridized carbons (Fsp3) is 0.619. The summed E-state index contributed by atoms with van der Waals surface area (Å²) in [6, 6.07) is 8.14. The van der Waals surface area contributed by atoms with E-state index in [9.17, 15) is 18.0 Å². The van der Waals surface area contributed by atoms with Crippen molar-refractivity contribution in [2.24, 2.45) is 5.92 Å². The molecule has 0 N–H and O–H groups in total. The van der Waals surface area contributed by atoms with Gasteiger partial charge in [-0.1, -0.05) is 18.2 Å². The normalized spacial score (nSPS) is 20.7. The maximum atomic E-state index is 13.0. The molecule has 0 aliphatic carbocycles. The predicted octanol–water partition coefficient (Wildman–Crippen LogP) is 0.708. The third-order valence-electron chi connectivity index (χ3n) is 6.16. The molecule has 2 amide bonds. The standard InChI is InChI=1S/C21H32N4O4S/c1-17(23-11-9-18(10-12-23)21(27)22(2)3)20(26)24-13-15-25(16-14-24)30(28,29)19-7-5-4-6-8-19/h4-8,17-18H,9-16H2,1-3H3/t17-/m0/s1. The van der Waals surface area contributed by atoms with Crippen LogP contribution >= 0.6 is 0 Å². The first-order valence-electron chi connectivity index (χ1n) is 10.5. The summed E-state index contributed by atoms with van der Waals surface area (Å²) in [5, 5.41) is 0. The van der Waals surface area contributed by atoms with Crippen molar-refractivity contribution in [2.75, 3.05) is 53.4 Å². The van der Waals surface area contributed by atoms with Crippen molar-refractivity contribution in [3.8, 4) is 0 Å². The maximum absolute atomic E-state index is 13.0. The second-order valence-electron chi connectivity index (χ2n) is 8.26. The maximum Gasteiger partial charge on any atom is 0.243 e. The molecule has 1 aromatic rings. The summed E-state index contributed by atoms with van der Waals surface area (Å²) >= 11 is 0. The summed E-state index contributed by atoms with van der Waals surface area (Å²) in [5.41, 5.74) is 0. The lowest BCUT2D eigenvalue weighted by Gasteiger charge is -2.39. The lowest BCUT2D eigenvalue weighted by Crippen LogP contribution is -2.56. The molecule has 2 aliphatic heterocycles. The Labute approximate surface area is 179 Å². The minimum atomic E-state index is -3.52. The number of carbonyl (C=O) groups excluding carboxylic acids is 2. The van der Waals surface area contributed by atoms with Crippen molar-refractivity contribution in [1.29, 1.82) is 0 Å². The highest BCUT2D eigenvalue weighted by molar-refractivity contribution is 7.89. The van der Waals surface area contributed by atoms with Gasteiger partial charge in [0.2, 0.25) is 21.8 Å². The Bertz CT molecular complexity index is 843. The van der Waals surface area contributed by atoms with Gasteiger partial charge >= 0.3 is 0 Å². The van der Waals surface area contributed by atoms with Gasteiger partial charge in [0.05, 0.1) is 10.9 Å². The van der Waals surface area contributed by atoms with Gasteiger partial charge in [0.1, 0.15) is 0 Å². The number of sulfonamides is 1. The minimum absolute atomic E-state index is 0.0316. The van der Waals surface area contributed by atoms with Crippen LogP contribution in [0.3, 0.4) is 0 Å². The molecule has 166 valence electrons. The highest BCUT2D eigenvalue weighted by atomic mass is 32.2. The molecule has 0 unspecified atom stereocenters. The van der Waals surface area contributed by atoms with Crippen LogP contribution in [0.4, 0.5) is 0 Å². The molecular weight excluding hydrogens is 404 g/mol. The number of rotatable bonds is 5. The number of hydrogen-bond acceptors (Lipinski definition) is 5. The third-order valence-corrected chi connectivity index (χ3v) is 8.07. The quantitative estimate of drug-likeness (QED) is 0.679. The van der Waals surface area contributed by atoms with Crippen molar-refractivity contribution >= 4 is 21.8 Å². The van der Waals surface area contributed by atoms with Crippen LogP contribution in [0, 0.1) is 5.92 Å². The van der Waals surface area contributed by atoms with E-state index in [-0.39, 0.29) is 28.7 Å². The van der Waals surface area contributed by atoms with Crippen LogP contribution in [0.25, 0.3) is 0 Å². The summed E-state index contributed by atoms with van der Waals surface area (Å²) < 4.78 is 27.0. The average Bonchev–Trinajstić information content (AvgIpc) is 2.78. The zero-order valence-corrected chi connectivity index (χ0v) is 18.8. The van der Waals surface area contributed by atoms with Crippen LogP contribution in [-0.4, -0.2) is 98.6 Å². The fourth-order valence-corrected chi connectivity index (χ4v) is 5.65. The van der Waals surface area contributed by atoms with E-state index in [1.165, 1.54) is 4.31 Å². The monoisotopic (exact) mass is 436 g/mol. The van der Waals surface area contributed by atoms with Crippen LogP contribution in [-0.2, 0) is 19.6 Å². The molecule has 2 heterocycles. The van der Waals surface area contributed by atoms with Gasteiger partial charge in [-0.05, 0) is 45.0 Å². The second kappa shape index (κ2) is 9.45. The SMILES string of the molecule is C[C@@H](C(=O)N1CCN(S(=O)(=O)c2ccccc2)CC1)N1CCC(C(=O)N(C)C)CC1. The number of piperidine rings is 1. The Kier molecular flexibility index (Phi) is 7.15. The van der Waals surface area contributed by atoms with E-state index in [1.807, 2.05) is 6.92 Å². The van der Waals surface area contributed by atoms with Crippen LogP contribution < -0.4 is 0 Å². The molecule has 0 saturated carbocycles. The van der Waals surface area contributed by atoms with Gasteiger partial charge in [-0.15, -0.1) is 0 Å². The number of nitrogens with zero attached hydrogens (tertiary/aromatic N) is 4. The predicted molar refractivity (Wildman–Crippen MR) is 114 cm³/mol. The van der Waals surface area contributed by atoms with Gasteiger partial charge in [-0.3, -0.25) is 14.5 Å². The summed E-state index contributed by atoms with van der Waals surface area (Å²) in [7, 11) is 0.0283. The van der Waals surface area contributed by atoms with Gasteiger partial charge < -0.3 is 9.80 Å². The number of hydrogen-bond donors (Lipinski definition) is 0. The van der Waals surface area contributed by atoms with Crippen LogP contribution in [0.2, 0.25) is 0 Å². The number of amides is 2. The average molecular weight is 437 g/mol. The van der Waals surface area contributed by atoms with Gasteiger partial charge in [0, 0.05) is 46.2 Å². The molecule has 0 bridgehead atoms. The Hall–Kier alpha value is -1.97. The number of benzene rings is 1. The molecule has 8 nitrogen and oxygen atoms in total.